The molecule has 39 heavy (non-hydrogen) atoms. The van der Waals surface area contributed by atoms with Crippen LogP contribution in [0.25, 0.3) is 76.6 Å². The number of benzene rings is 6. The van der Waals surface area contributed by atoms with E-state index in [-0.39, 0.29) is 0 Å². The molecular formula is C36H25N3. The smallest absolute Gasteiger partial charge is 0.0971 e. The Hall–Kier alpha value is -5.02. The molecule has 184 valence electrons. The van der Waals surface area contributed by atoms with E-state index in [9.17, 15) is 0 Å². The van der Waals surface area contributed by atoms with E-state index in [2.05, 4.69) is 126 Å². The number of hydrogen-bond acceptors (Lipinski definition) is 2. The molecular weight excluding hydrogens is 474 g/mol. The Balaban J connectivity index is 1.30. The molecule has 2 heterocycles. The molecule has 0 atom stereocenters. The molecule has 2 aromatic heterocycles. The Labute approximate surface area is 226 Å². The van der Waals surface area contributed by atoms with Crippen molar-refractivity contribution in [2.45, 2.75) is 13.5 Å². The fourth-order valence-corrected chi connectivity index (χ4v) is 6.26. The van der Waals surface area contributed by atoms with Gasteiger partial charge in [-0.3, -0.25) is 9.97 Å². The van der Waals surface area contributed by atoms with Crippen molar-refractivity contribution in [2.24, 2.45) is 0 Å². The Bertz CT molecular complexity index is 2190. The van der Waals surface area contributed by atoms with Gasteiger partial charge in [-0.2, -0.15) is 0 Å². The number of rotatable bonds is 3. The summed E-state index contributed by atoms with van der Waals surface area (Å²) in [7, 11) is 0. The van der Waals surface area contributed by atoms with Gasteiger partial charge in [0.2, 0.25) is 0 Å². The summed E-state index contributed by atoms with van der Waals surface area (Å²) in [5.41, 5.74) is 9.33. The fourth-order valence-electron chi connectivity index (χ4n) is 6.26. The van der Waals surface area contributed by atoms with E-state index in [4.69, 9.17) is 4.98 Å². The van der Waals surface area contributed by atoms with Gasteiger partial charge in [0.25, 0.3) is 0 Å². The number of fused-ring (bicyclic) bond motifs is 9. The van der Waals surface area contributed by atoms with E-state index in [0.29, 0.717) is 0 Å². The highest BCUT2D eigenvalue weighted by atomic mass is 15.0. The van der Waals surface area contributed by atoms with Gasteiger partial charge in [-0.05, 0) is 70.3 Å². The lowest BCUT2D eigenvalue weighted by atomic mass is 9.94. The van der Waals surface area contributed by atoms with Gasteiger partial charge in [-0.25, -0.2) is 0 Å². The molecule has 0 radical (unpaired) electrons. The van der Waals surface area contributed by atoms with Crippen LogP contribution in [-0.4, -0.2) is 14.5 Å². The summed E-state index contributed by atoms with van der Waals surface area (Å²) in [5, 5.41) is 7.30. The molecule has 0 unspecified atom stereocenters. The number of nitrogens with zero attached hydrogens (tertiary/aromatic N) is 3. The molecule has 6 aromatic carbocycles. The summed E-state index contributed by atoms with van der Waals surface area (Å²) < 4.78 is 2.40. The molecule has 0 aliphatic rings. The SMILES string of the molecule is CCn1c2ccccc2c2cc(-c3cccc(-c4ccc5c(c4)c4ccccc4c4nccnc54)c3)ccc21. The molecule has 0 saturated carbocycles. The molecule has 0 aliphatic heterocycles. The maximum absolute atomic E-state index is 4.71. The van der Waals surface area contributed by atoms with Crippen molar-refractivity contribution in [3.63, 3.8) is 0 Å². The van der Waals surface area contributed by atoms with Crippen LogP contribution < -0.4 is 0 Å². The second-order valence-corrected chi connectivity index (χ2v) is 10.1. The summed E-state index contributed by atoms with van der Waals surface area (Å²) in [5.74, 6) is 0. The molecule has 0 saturated heterocycles. The highest BCUT2D eigenvalue weighted by molar-refractivity contribution is 6.23. The number of hydrogen-bond donors (Lipinski definition) is 0. The maximum Gasteiger partial charge on any atom is 0.0971 e. The van der Waals surface area contributed by atoms with Gasteiger partial charge in [0, 0.05) is 51.5 Å². The Kier molecular flexibility index (Phi) is 4.80. The maximum atomic E-state index is 4.71. The molecule has 0 N–H and O–H groups in total. The topological polar surface area (TPSA) is 30.7 Å². The van der Waals surface area contributed by atoms with Gasteiger partial charge in [-0.15, -0.1) is 0 Å². The van der Waals surface area contributed by atoms with Crippen molar-refractivity contribution in [1.29, 1.82) is 0 Å². The minimum Gasteiger partial charge on any atom is -0.341 e. The largest absolute Gasteiger partial charge is 0.341 e. The molecule has 3 heteroatoms. The zero-order valence-corrected chi connectivity index (χ0v) is 21.6. The van der Waals surface area contributed by atoms with Crippen molar-refractivity contribution >= 4 is 54.4 Å². The van der Waals surface area contributed by atoms with E-state index < -0.39 is 0 Å². The summed E-state index contributed by atoms with van der Waals surface area (Å²) >= 11 is 0. The second kappa shape index (κ2) is 8.50. The highest BCUT2D eigenvalue weighted by Gasteiger charge is 2.13. The van der Waals surface area contributed by atoms with E-state index in [0.717, 1.165) is 28.4 Å². The van der Waals surface area contributed by atoms with E-state index in [1.54, 1.807) is 12.4 Å². The predicted octanol–water partition coefficient (Wildman–Crippen LogP) is 9.40. The van der Waals surface area contributed by atoms with Crippen LogP contribution in [0.5, 0.6) is 0 Å². The van der Waals surface area contributed by atoms with Crippen LogP contribution in [0.3, 0.4) is 0 Å². The number of aromatic nitrogens is 3. The molecule has 3 nitrogen and oxygen atoms in total. The fraction of sp³-hybridized carbons (Fsp3) is 0.0556. The first-order valence-corrected chi connectivity index (χ1v) is 13.5. The van der Waals surface area contributed by atoms with Gasteiger partial charge in [0.15, 0.2) is 0 Å². The van der Waals surface area contributed by atoms with E-state index in [1.807, 2.05) is 0 Å². The van der Waals surface area contributed by atoms with Crippen LogP contribution in [0.2, 0.25) is 0 Å². The second-order valence-electron chi connectivity index (χ2n) is 10.1. The average Bonchev–Trinajstić information content (AvgIpc) is 3.34. The summed E-state index contributed by atoms with van der Waals surface area (Å²) in [4.78, 5) is 9.37. The van der Waals surface area contributed by atoms with Crippen LogP contribution in [0, 0.1) is 0 Å². The van der Waals surface area contributed by atoms with Gasteiger partial charge in [0.05, 0.1) is 11.0 Å². The standard InChI is InChI=1S/C36H25N3/c1-2-39-33-13-6-5-11-28(33)32-22-26(15-17-34(32)39)24-9-7-8-23(20-24)25-14-16-30-31(21-25)27-10-3-4-12-29(27)35-36(30)38-19-18-37-35/h3-22H,2H2,1H3. The van der Waals surface area contributed by atoms with Crippen molar-refractivity contribution < 1.29 is 0 Å². The van der Waals surface area contributed by atoms with Crippen molar-refractivity contribution in [1.82, 2.24) is 14.5 Å². The van der Waals surface area contributed by atoms with Crippen LogP contribution in [0.4, 0.5) is 0 Å². The first kappa shape index (κ1) is 22.0. The normalized spacial score (nSPS) is 11.8. The number of para-hydroxylation sites is 1. The molecule has 0 fully saturated rings. The van der Waals surface area contributed by atoms with E-state index in [1.165, 1.54) is 54.8 Å². The van der Waals surface area contributed by atoms with Crippen molar-refractivity contribution in [3.05, 3.63) is 122 Å². The molecule has 0 bridgehead atoms. The van der Waals surface area contributed by atoms with Crippen molar-refractivity contribution in [2.75, 3.05) is 0 Å². The summed E-state index contributed by atoms with van der Waals surface area (Å²) in [6.07, 6.45) is 3.56. The van der Waals surface area contributed by atoms with Crippen LogP contribution in [0.15, 0.2) is 122 Å². The molecule has 8 rings (SSSR count). The average molecular weight is 500 g/mol. The predicted molar refractivity (Wildman–Crippen MR) is 164 cm³/mol. The first-order chi connectivity index (χ1) is 19.3. The van der Waals surface area contributed by atoms with Crippen LogP contribution in [-0.2, 0) is 6.54 Å². The Morgan fingerprint density at radius 2 is 1.03 bits per heavy atom. The van der Waals surface area contributed by atoms with Gasteiger partial charge < -0.3 is 4.57 Å². The van der Waals surface area contributed by atoms with Crippen molar-refractivity contribution in [3.8, 4) is 22.3 Å². The molecule has 0 aliphatic carbocycles. The summed E-state index contributed by atoms with van der Waals surface area (Å²) in [6, 6.07) is 39.7. The quantitative estimate of drug-likeness (QED) is 0.227. The van der Waals surface area contributed by atoms with Gasteiger partial charge in [-0.1, -0.05) is 78.9 Å². The minimum absolute atomic E-state index is 0.950. The van der Waals surface area contributed by atoms with Gasteiger partial charge >= 0.3 is 0 Å². The molecule has 0 spiro atoms. The third-order valence-electron chi connectivity index (χ3n) is 8.06. The lowest BCUT2D eigenvalue weighted by molar-refractivity contribution is 0.827. The minimum atomic E-state index is 0.950. The zero-order chi connectivity index (χ0) is 25.9. The van der Waals surface area contributed by atoms with Crippen LogP contribution >= 0.6 is 0 Å². The lowest BCUT2D eigenvalue weighted by Gasteiger charge is -2.11. The highest BCUT2D eigenvalue weighted by Crippen LogP contribution is 2.37. The summed E-state index contributed by atoms with van der Waals surface area (Å²) in [6.45, 7) is 3.17. The third-order valence-corrected chi connectivity index (χ3v) is 8.06. The van der Waals surface area contributed by atoms with Gasteiger partial charge in [0.1, 0.15) is 0 Å². The Morgan fingerprint density at radius 1 is 0.462 bits per heavy atom. The number of aryl methyl sites for hydroxylation is 1. The monoisotopic (exact) mass is 499 g/mol. The zero-order valence-electron chi connectivity index (χ0n) is 21.6. The molecule has 8 aromatic rings. The Morgan fingerprint density at radius 3 is 1.77 bits per heavy atom. The first-order valence-electron chi connectivity index (χ1n) is 13.5. The van der Waals surface area contributed by atoms with E-state index >= 15 is 0 Å². The van der Waals surface area contributed by atoms with Crippen LogP contribution in [0.1, 0.15) is 6.92 Å². The lowest BCUT2D eigenvalue weighted by Crippen LogP contribution is -1.92. The molecule has 0 amide bonds. The third kappa shape index (κ3) is 3.30.